The van der Waals surface area contributed by atoms with Crippen LogP contribution >= 0.6 is 0 Å². The summed E-state index contributed by atoms with van der Waals surface area (Å²) in [5.74, 6) is 0.0799. The monoisotopic (exact) mass is 454 g/mol. The molecule has 1 saturated carbocycles. The van der Waals surface area contributed by atoms with Gasteiger partial charge in [-0.15, -0.1) is 0 Å². The molecule has 5 heteroatoms. The predicted molar refractivity (Wildman–Crippen MR) is 130 cm³/mol. The molecule has 3 aromatic rings. The van der Waals surface area contributed by atoms with Crippen LogP contribution < -0.4 is 4.74 Å². The van der Waals surface area contributed by atoms with E-state index in [9.17, 15) is 9.90 Å². The van der Waals surface area contributed by atoms with Crippen LogP contribution in [0.2, 0.25) is 0 Å². The van der Waals surface area contributed by atoms with Crippen LogP contribution in [0.5, 0.6) is 5.88 Å². The minimum absolute atomic E-state index is 0.0577. The van der Waals surface area contributed by atoms with E-state index < -0.39 is 5.97 Å². The third kappa shape index (κ3) is 3.10. The Morgan fingerprint density at radius 2 is 1.94 bits per heavy atom. The molecule has 34 heavy (non-hydrogen) atoms. The van der Waals surface area contributed by atoms with Crippen molar-refractivity contribution < 1.29 is 14.6 Å². The fourth-order valence-electron chi connectivity index (χ4n) is 6.32. The molecule has 1 unspecified atom stereocenters. The first-order valence-electron chi connectivity index (χ1n) is 12.0. The summed E-state index contributed by atoms with van der Waals surface area (Å²) in [5, 5.41) is 9.32. The summed E-state index contributed by atoms with van der Waals surface area (Å²) in [5.41, 5.74) is 8.68. The summed E-state index contributed by atoms with van der Waals surface area (Å²) >= 11 is 0. The highest BCUT2D eigenvalue weighted by molar-refractivity contribution is 5.77. The number of hydrogen-bond acceptors (Lipinski definition) is 4. The second-order valence-corrected chi connectivity index (χ2v) is 10.6. The summed E-state index contributed by atoms with van der Waals surface area (Å²) in [6.07, 6.45) is 2.64. The number of carbonyl (C=O) groups is 1. The Labute approximate surface area is 200 Å². The quantitative estimate of drug-likeness (QED) is 0.573. The lowest BCUT2D eigenvalue weighted by Crippen LogP contribution is -2.34. The van der Waals surface area contributed by atoms with Crippen LogP contribution in [-0.4, -0.2) is 28.0 Å². The molecule has 0 bridgehead atoms. The van der Waals surface area contributed by atoms with Gasteiger partial charge in [0, 0.05) is 23.7 Å². The molecule has 2 aromatic carbocycles. The van der Waals surface area contributed by atoms with E-state index in [2.05, 4.69) is 80.2 Å². The van der Waals surface area contributed by atoms with Gasteiger partial charge in [0.15, 0.2) is 0 Å². The van der Waals surface area contributed by atoms with Crippen LogP contribution in [0.3, 0.4) is 0 Å². The number of pyridine rings is 1. The highest BCUT2D eigenvalue weighted by Crippen LogP contribution is 2.61. The van der Waals surface area contributed by atoms with Crippen molar-refractivity contribution in [1.29, 1.82) is 0 Å². The molecule has 1 aromatic heterocycles. The van der Waals surface area contributed by atoms with Gasteiger partial charge >= 0.3 is 5.97 Å². The van der Waals surface area contributed by atoms with Crippen molar-refractivity contribution in [3.8, 4) is 5.88 Å². The summed E-state index contributed by atoms with van der Waals surface area (Å²) in [7, 11) is 2.21. The molecule has 6 rings (SSSR count). The molecule has 3 aliphatic rings. The number of carboxylic acid groups (broad SMARTS) is 1. The Morgan fingerprint density at radius 3 is 2.71 bits per heavy atom. The Hall–Kier alpha value is -3.18. The summed E-state index contributed by atoms with van der Waals surface area (Å²) in [6, 6.07) is 17.5. The molecule has 2 heterocycles. The number of ether oxygens (including phenoxy) is 1. The predicted octanol–water partition coefficient (Wildman–Crippen LogP) is 5.21. The van der Waals surface area contributed by atoms with E-state index in [1.165, 1.54) is 27.8 Å². The standard InChI is InChI=1S/C29H30N2O3/c1-16-7-5-6-8-19(16)27-20-11-17(9-10-23(20)29(2,3)31(27)4)15-34-24-13-18-12-21-25(22(18)14-30-24)26(21)28(32)33/h5-11,13-14,21,25-27H,12,15H2,1-4H3,(H,32,33)/t21-,25-,26+,27?/m1/s1. The van der Waals surface area contributed by atoms with Crippen molar-refractivity contribution in [2.45, 2.75) is 51.3 Å². The maximum absolute atomic E-state index is 11.3. The van der Waals surface area contributed by atoms with Crippen LogP contribution in [0, 0.1) is 18.8 Å². The smallest absolute Gasteiger partial charge is 0.307 e. The van der Waals surface area contributed by atoms with Gasteiger partial charge in [-0.2, -0.15) is 0 Å². The molecule has 4 atom stereocenters. The van der Waals surface area contributed by atoms with Gasteiger partial charge in [-0.1, -0.05) is 42.5 Å². The van der Waals surface area contributed by atoms with Crippen molar-refractivity contribution in [2.24, 2.45) is 11.8 Å². The van der Waals surface area contributed by atoms with Crippen LogP contribution in [0.25, 0.3) is 0 Å². The lowest BCUT2D eigenvalue weighted by molar-refractivity contribution is -0.139. The highest BCUT2D eigenvalue weighted by Gasteiger charge is 2.60. The second-order valence-electron chi connectivity index (χ2n) is 10.6. The second kappa shape index (κ2) is 7.41. The summed E-state index contributed by atoms with van der Waals surface area (Å²) < 4.78 is 6.10. The number of carboxylic acids is 1. The Bertz CT molecular complexity index is 1310. The highest BCUT2D eigenvalue weighted by atomic mass is 16.5. The molecular formula is C29H30N2O3. The van der Waals surface area contributed by atoms with Crippen LogP contribution in [0.4, 0.5) is 0 Å². The van der Waals surface area contributed by atoms with E-state index >= 15 is 0 Å². The van der Waals surface area contributed by atoms with Crippen LogP contribution in [0.1, 0.15) is 64.8 Å². The first-order chi connectivity index (χ1) is 16.3. The fraction of sp³-hybridized carbons (Fsp3) is 0.379. The third-order valence-corrected chi connectivity index (χ3v) is 8.48. The number of aliphatic carboxylic acids is 1. The molecule has 0 amide bonds. The van der Waals surface area contributed by atoms with Crippen LogP contribution in [0.15, 0.2) is 54.7 Å². The molecule has 174 valence electrons. The van der Waals surface area contributed by atoms with E-state index in [1.807, 2.05) is 12.3 Å². The average Bonchev–Trinajstić information content (AvgIpc) is 3.35. The fourth-order valence-corrected chi connectivity index (χ4v) is 6.32. The number of rotatable bonds is 5. The molecule has 1 aliphatic heterocycles. The molecular weight excluding hydrogens is 424 g/mol. The normalized spacial score (nSPS) is 26.0. The van der Waals surface area contributed by atoms with Gasteiger partial charge in [-0.25, -0.2) is 4.98 Å². The van der Waals surface area contributed by atoms with Crippen molar-refractivity contribution in [2.75, 3.05) is 7.05 Å². The number of hydrogen-bond donors (Lipinski definition) is 1. The van der Waals surface area contributed by atoms with Crippen molar-refractivity contribution in [1.82, 2.24) is 9.88 Å². The van der Waals surface area contributed by atoms with Crippen LogP contribution in [-0.2, 0) is 23.4 Å². The minimum Gasteiger partial charge on any atom is -0.481 e. The Kier molecular flexibility index (Phi) is 4.65. The maximum Gasteiger partial charge on any atom is 0.307 e. The van der Waals surface area contributed by atoms with Gasteiger partial charge in [0.2, 0.25) is 5.88 Å². The minimum atomic E-state index is -0.685. The molecule has 2 aliphatic carbocycles. The van der Waals surface area contributed by atoms with Gasteiger partial charge in [-0.05, 0) is 79.1 Å². The number of nitrogens with zero attached hydrogens (tertiary/aromatic N) is 2. The summed E-state index contributed by atoms with van der Waals surface area (Å²) in [4.78, 5) is 18.3. The SMILES string of the molecule is Cc1ccccc1C1c2cc(COc3cc4c(cn3)[C@H]3[C@@H](C4)[C@@H]3C(=O)O)ccc2C(C)(C)N1C. The van der Waals surface area contributed by atoms with Gasteiger partial charge < -0.3 is 9.84 Å². The van der Waals surface area contributed by atoms with Gasteiger partial charge in [0.05, 0.1) is 12.0 Å². The zero-order chi connectivity index (χ0) is 23.8. The van der Waals surface area contributed by atoms with Gasteiger partial charge in [0.1, 0.15) is 6.61 Å². The molecule has 0 spiro atoms. The van der Waals surface area contributed by atoms with E-state index in [1.54, 1.807) is 0 Å². The molecule has 5 nitrogen and oxygen atoms in total. The van der Waals surface area contributed by atoms with Crippen molar-refractivity contribution in [3.05, 3.63) is 93.7 Å². The topological polar surface area (TPSA) is 62.7 Å². The lowest BCUT2D eigenvalue weighted by atomic mass is 9.90. The van der Waals surface area contributed by atoms with Crippen molar-refractivity contribution >= 4 is 5.97 Å². The van der Waals surface area contributed by atoms with E-state index in [0.29, 0.717) is 12.5 Å². The third-order valence-electron chi connectivity index (χ3n) is 8.48. The molecule has 1 fully saturated rings. The largest absolute Gasteiger partial charge is 0.481 e. The zero-order valence-electron chi connectivity index (χ0n) is 20.1. The number of aromatic nitrogens is 1. The Balaban J connectivity index is 1.24. The zero-order valence-corrected chi connectivity index (χ0v) is 20.1. The molecule has 1 N–H and O–H groups in total. The van der Waals surface area contributed by atoms with E-state index in [4.69, 9.17) is 4.74 Å². The number of fused-ring (bicyclic) bond motifs is 4. The molecule has 0 radical (unpaired) electrons. The number of aryl methyl sites for hydroxylation is 1. The first kappa shape index (κ1) is 21.4. The maximum atomic E-state index is 11.3. The molecule has 0 saturated heterocycles. The first-order valence-corrected chi connectivity index (χ1v) is 12.0. The van der Waals surface area contributed by atoms with E-state index in [0.717, 1.165) is 17.5 Å². The van der Waals surface area contributed by atoms with Gasteiger partial charge in [0.25, 0.3) is 0 Å². The lowest BCUT2D eigenvalue weighted by Gasteiger charge is -2.33. The number of benzene rings is 2. The van der Waals surface area contributed by atoms with Gasteiger partial charge in [-0.3, -0.25) is 9.69 Å². The van der Waals surface area contributed by atoms with E-state index in [-0.39, 0.29) is 29.3 Å². The Morgan fingerprint density at radius 1 is 1.15 bits per heavy atom. The average molecular weight is 455 g/mol. The van der Waals surface area contributed by atoms with Crippen molar-refractivity contribution in [3.63, 3.8) is 0 Å². The summed E-state index contributed by atoms with van der Waals surface area (Å²) in [6.45, 7) is 7.21.